The van der Waals surface area contributed by atoms with Crippen LogP contribution >= 0.6 is 0 Å². The Labute approximate surface area is 100 Å². The van der Waals surface area contributed by atoms with Crippen LogP contribution < -0.4 is 9.64 Å². The van der Waals surface area contributed by atoms with Crippen LogP contribution in [-0.4, -0.2) is 40.6 Å². The Balaban J connectivity index is 1.89. The van der Waals surface area contributed by atoms with E-state index in [-0.39, 0.29) is 12.1 Å². The van der Waals surface area contributed by atoms with Crippen LogP contribution in [0.15, 0.2) is 12.3 Å². The van der Waals surface area contributed by atoms with Crippen LogP contribution in [0, 0.1) is 0 Å². The van der Waals surface area contributed by atoms with E-state index in [4.69, 9.17) is 4.74 Å². The topological polar surface area (TPSA) is 58.5 Å². The van der Waals surface area contributed by atoms with Crippen molar-refractivity contribution in [3.63, 3.8) is 0 Å². The van der Waals surface area contributed by atoms with Gasteiger partial charge in [0.15, 0.2) is 11.6 Å². The highest BCUT2D eigenvalue weighted by molar-refractivity contribution is 5.53. The summed E-state index contributed by atoms with van der Waals surface area (Å²) >= 11 is 0. The second-order valence-corrected chi connectivity index (χ2v) is 4.68. The number of aromatic nitrogens is 2. The molecule has 2 heterocycles. The van der Waals surface area contributed by atoms with E-state index in [1.165, 1.54) is 6.42 Å². The number of hydrogen-bond donors (Lipinski definition) is 1. The van der Waals surface area contributed by atoms with Crippen molar-refractivity contribution in [2.45, 2.75) is 37.8 Å². The SMILES string of the molecule is O[C@@H]1CCCC[C@H]1N1CCOc2ccnnc21. The minimum Gasteiger partial charge on any atom is -0.488 e. The molecule has 1 fully saturated rings. The summed E-state index contributed by atoms with van der Waals surface area (Å²) in [5.41, 5.74) is 0. The number of anilines is 1. The van der Waals surface area contributed by atoms with Gasteiger partial charge in [-0.15, -0.1) is 5.10 Å². The third-order valence-corrected chi connectivity index (χ3v) is 3.62. The van der Waals surface area contributed by atoms with Gasteiger partial charge in [0.05, 0.1) is 24.9 Å². The number of hydrogen-bond acceptors (Lipinski definition) is 5. The van der Waals surface area contributed by atoms with Crippen LogP contribution in [0.5, 0.6) is 5.75 Å². The number of aliphatic hydroxyl groups is 1. The fourth-order valence-electron chi connectivity index (χ4n) is 2.76. The van der Waals surface area contributed by atoms with Gasteiger partial charge in [-0.05, 0) is 12.8 Å². The van der Waals surface area contributed by atoms with Crippen molar-refractivity contribution in [3.05, 3.63) is 12.3 Å². The zero-order valence-corrected chi connectivity index (χ0v) is 9.75. The van der Waals surface area contributed by atoms with Crippen LogP contribution in [0.4, 0.5) is 5.82 Å². The Hall–Kier alpha value is -1.36. The Morgan fingerprint density at radius 2 is 2.24 bits per heavy atom. The van der Waals surface area contributed by atoms with Gasteiger partial charge in [-0.2, -0.15) is 5.10 Å². The third-order valence-electron chi connectivity index (χ3n) is 3.62. The molecule has 2 atom stereocenters. The highest BCUT2D eigenvalue weighted by Gasteiger charge is 2.33. The summed E-state index contributed by atoms with van der Waals surface area (Å²) in [6.07, 6.45) is 5.59. The van der Waals surface area contributed by atoms with E-state index in [1.54, 1.807) is 6.20 Å². The van der Waals surface area contributed by atoms with E-state index in [0.717, 1.165) is 37.4 Å². The predicted octanol–water partition coefficient (Wildman–Crippen LogP) is 0.979. The van der Waals surface area contributed by atoms with Crippen molar-refractivity contribution >= 4 is 5.82 Å². The summed E-state index contributed by atoms with van der Waals surface area (Å²) < 4.78 is 5.55. The summed E-state index contributed by atoms with van der Waals surface area (Å²) in [5, 5.41) is 18.2. The van der Waals surface area contributed by atoms with Crippen LogP contribution in [-0.2, 0) is 0 Å². The molecule has 5 nitrogen and oxygen atoms in total. The largest absolute Gasteiger partial charge is 0.488 e. The lowest BCUT2D eigenvalue weighted by atomic mass is 9.91. The van der Waals surface area contributed by atoms with Gasteiger partial charge in [0.25, 0.3) is 0 Å². The number of nitrogens with zero attached hydrogens (tertiary/aromatic N) is 3. The molecule has 2 aliphatic rings. The molecule has 92 valence electrons. The number of rotatable bonds is 1. The maximum Gasteiger partial charge on any atom is 0.194 e. The third kappa shape index (κ3) is 1.95. The normalized spacial score (nSPS) is 28.4. The summed E-state index contributed by atoms with van der Waals surface area (Å²) in [6.45, 7) is 1.44. The molecule has 0 radical (unpaired) electrons. The zero-order valence-electron chi connectivity index (χ0n) is 9.75. The maximum absolute atomic E-state index is 10.1. The molecule has 1 aromatic rings. The lowest BCUT2D eigenvalue weighted by Crippen LogP contribution is -2.49. The molecule has 17 heavy (non-hydrogen) atoms. The summed E-state index contributed by atoms with van der Waals surface area (Å²) in [7, 11) is 0. The Morgan fingerprint density at radius 3 is 3.12 bits per heavy atom. The molecule has 5 heteroatoms. The van der Waals surface area contributed by atoms with Crippen LogP contribution in [0.1, 0.15) is 25.7 Å². The molecular weight excluding hydrogens is 218 g/mol. The van der Waals surface area contributed by atoms with E-state index in [0.29, 0.717) is 6.61 Å². The van der Waals surface area contributed by atoms with E-state index >= 15 is 0 Å². The molecule has 0 aromatic carbocycles. The van der Waals surface area contributed by atoms with Crippen molar-refractivity contribution < 1.29 is 9.84 Å². The molecule has 0 spiro atoms. The first-order valence-electron chi connectivity index (χ1n) is 6.25. The van der Waals surface area contributed by atoms with Gasteiger partial charge in [-0.1, -0.05) is 12.8 Å². The minimum absolute atomic E-state index is 0.170. The molecule has 1 N–H and O–H groups in total. The first-order valence-corrected chi connectivity index (χ1v) is 6.25. The molecule has 3 rings (SSSR count). The van der Waals surface area contributed by atoms with Crippen molar-refractivity contribution in [1.82, 2.24) is 10.2 Å². The smallest absolute Gasteiger partial charge is 0.194 e. The molecular formula is C12H17N3O2. The number of ether oxygens (including phenoxy) is 1. The van der Waals surface area contributed by atoms with Crippen molar-refractivity contribution in [3.8, 4) is 5.75 Å². The van der Waals surface area contributed by atoms with Gasteiger partial charge < -0.3 is 14.7 Å². The molecule has 0 bridgehead atoms. The molecule has 0 unspecified atom stereocenters. The average molecular weight is 235 g/mol. The van der Waals surface area contributed by atoms with Crippen LogP contribution in [0.3, 0.4) is 0 Å². The van der Waals surface area contributed by atoms with Crippen molar-refractivity contribution in [2.24, 2.45) is 0 Å². The fourth-order valence-corrected chi connectivity index (χ4v) is 2.76. The standard InChI is InChI=1S/C12H17N3O2/c16-10-4-2-1-3-9(10)15-7-8-17-11-5-6-13-14-12(11)15/h5-6,9-10,16H,1-4,7-8H2/t9-,10-/m1/s1. The highest BCUT2D eigenvalue weighted by atomic mass is 16.5. The zero-order chi connectivity index (χ0) is 11.7. The maximum atomic E-state index is 10.1. The summed E-state index contributed by atoms with van der Waals surface area (Å²) in [5.74, 6) is 1.56. The molecule has 1 aromatic heterocycles. The Bertz CT molecular complexity index is 399. The molecule has 1 saturated carbocycles. The molecule has 1 aliphatic heterocycles. The van der Waals surface area contributed by atoms with E-state index < -0.39 is 0 Å². The Kier molecular flexibility index (Phi) is 2.84. The fraction of sp³-hybridized carbons (Fsp3) is 0.667. The van der Waals surface area contributed by atoms with Gasteiger partial charge in [0.1, 0.15) is 6.61 Å². The van der Waals surface area contributed by atoms with Gasteiger partial charge in [0.2, 0.25) is 0 Å². The van der Waals surface area contributed by atoms with Gasteiger partial charge >= 0.3 is 0 Å². The quantitative estimate of drug-likeness (QED) is 0.786. The van der Waals surface area contributed by atoms with Gasteiger partial charge in [-0.3, -0.25) is 0 Å². The summed E-state index contributed by atoms with van der Waals surface area (Å²) in [6, 6.07) is 2.01. The Morgan fingerprint density at radius 1 is 1.35 bits per heavy atom. The van der Waals surface area contributed by atoms with Crippen LogP contribution in [0.25, 0.3) is 0 Å². The average Bonchev–Trinajstić information content (AvgIpc) is 2.39. The first-order chi connectivity index (χ1) is 8.36. The summed E-state index contributed by atoms with van der Waals surface area (Å²) in [4.78, 5) is 2.16. The number of aliphatic hydroxyl groups excluding tert-OH is 1. The predicted molar refractivity (Wildman–Crippen MR) is 63.1 cm³/mol. The lowest BCUT2D eigenvalue weighted by Gasteiger charge is -2.40. The van der Waals surface area contributed by atoms with Crippen molar-refractivity contribution in [2.75, 3.05) is 18.1 Å². The molecule has 0 amide bonds. The van der Waals surface area contributed by atoms with E-state index in [2.05, 4.69) is 15.1 Å². The first kappa shape index (κ1) is 10.8. The van der Waals surface area contributed by atoms with Gasteiger partial charge in [-0.25, -0.2) is 0 Å². The van der Waals surface area contributed by atoms with Crippen LogP contribution in [0.2, 0.25) is 0 Å². The molecule has 0 saturated heterocycles. The van der Waals surface area contributed by atoms with E-state index in [9.17, 15) is 5.11 Å². The van der Waals surface area contributed by atoms with Crippen molar-refractivity contribution in [1.29, 1.82) is 0 Å². The lowest BCUT2D eigenvalue weighted by molar-refractivity contribution is 0.0995. The van der Waals surface area contributed by atoms with E-state index in [1.807, 2.05) is 6.07 Å². The molecule has 1 aliphatic carbocycles. The number of fused-ring (bicyclic) bond motifs is 1. The minimum atomic E-state index is -0.253. The second-order valence-electron chi connectivity index (χ2n) is 4.68. The van der Waals surface area contributed by atoms with Gasteiger partial charge in [0, 0.05) is 6.07 Å². The second kappa shape index (κ2) is 4.49. The highest BCUT2D eigenvalue weighted by Crippen LogP contribution is 2.33. The monoisotopic (exact) mass is 235 g/mol.